The average molecular weight is 296 g/mol. The second-order valence-corrected chi connectivity index (χ2v) is 8.39. The summed E-state index contributed by atoms with van der Waals surface area (Å²) in [4.78, 5) is 0.300. The molecule has 1 fully saturated rings. The molecule has 1 atom stereocenters. The molecule has 3 N–H and O–H groups in total. The van der Waals surface area contributed by atoms with E-state index in [1.807, 2.05) is 12.1 Å². The Bertz CT molecular complexity index is 555. The van der Waals surface area contributed by atoms with Crippen LogP contribution in [0.4, 0.5) is 0 Å². The lowest BCUT2D eigenvalue weighted by atomic mass is 9.87. The molecular formula is C15H24N2O2S. The van der Waals surface area contributed by atoms with Crippen molar-refractivity contribution >= 4 is 10.0 Å². The van der Waals surface area contributed by atoms with Crippen molar-refractivity contribution in [3.8, 4) is 0 Å². The molecule has 0 spiro atoms. The number of nitrogens with one attached hydrogen (secondary N) is 1. The third kappa shape index (κ3) is 3.81. The zero-order valence-corrected chi connectivity index (χ0v) is 13.2. The van der Waals surface area contributed by atoms with Crippen LogP contribution in [-0.2, 0) is 15.4 Å². The first-order valence-electron chi connectivity index (χ1n) is 7.06. The maximum Gasteiger partial charge on any atom is 0.240 e. The molecule has 1 aromatic carbocycles. The summed E-state index contributed by atoms with van der Waals surface area (Å²) in [5.41, 5.74) is 7.05. The summed E-state index contributed by atoms with van der Waals surface area (Å²) in [7, 11) is -3.45. The topological polar surface area (TPSA) is 72.2 Å². The van der Waals surface area contributed by atoms with Gasteiger partial charge in [-0.1, -0.05) is 32.9 Å². The summed E-state index contributed by atoms with van der Waals surface area (Å²) in [5, 5.41) is 0. The van der Waals surface area contributed by atoms with E-state index >= 15 is 0 Å². The minimum absolute atomic E-state index is 0.0179. The van der Waals surface area contributed by atoms with Crippen LogP contribution in [0.2, 0.25) is 0 Å². The Balaban J connectivity index is 2.05. The van der Waals surface area contributed by atoms with Crippen molar-refractivity contribution in [2.45, 2.75) is 50.0 Å². The van der Waals surface area contributed by atoms with Crippen molar-refractivity contribution < 1.29 is 8.42 Å². The van der Waals surface area contributed by atoms with Crippen LogP contribution in [0.3, 0.4) is 0 Å². The highest BCUT2D eigenvalue weighted by molar-refractivity contribution is 7.89. The Hall–Kier alpha value is -0.910. The van der Waals surface area contributed by atoms with Crippen LogP contribution >= 0.6 is 0 Å². The van der Waals surface area contributed by atoms with E-state index in [0.29, 0.717) is 17.4 Å². The standard InChI is InChI=1S/C15H24N2O2S/c1-15(2,3)12-6-8-13(9-7-12)20(18,19)17-10-14(16)11-4-5-11/h6-9,11,14,17H,4-5,10,16H2,1-3H3. The van der Waals surface area contributed by atoms with Gasteiger partial charge in [0.25, 0.3) is 0 Å². The first-order valence-corrected chi connectivity index (χ1v) is 8.54. The number of benzene rings is 1. The smallest absolute Gasteiger partial charge is 0.240 e. The molecule has 2 rings (SSSR count). The highest BCUT2D eigenvalue weighted by Gasteiger charge is 2.29. The van der Waals surface area contributed by atoms with E-state index < -0.39 is 10.0 Å². The van der Waals surface area contributed by atoms with E-state index in [4.69, 9.17) is 5.73 Å². The normalized spacial score (nSPS) is 18.0. The van der Waals surface area contributed by atoms with Crippen molar-refractivity contribution in [2.75, 3.05) is 6.54 Å². The van der Waals surface area contributed by atoms with Gasteiger partial charge >= 0.3 is 0 Å². The molecule has 20 heavy (non-hydrogen) atoms. The van der Waals surface area contributed by atoms with Crippen molar-refractivity contribution in [3.63, 3.8) is 0 Å². The van der Waals surface area contributed by atoms with Gasteiger partial charge in [0.1, 0.15) is 0 Å². The van der Waals surface area contributed by atoms with Crippen LogP contribution in [0.1, 0.15) is 39.2 Å². The molecule has 0 radical (unpaired) electrons. The molecule has 1 aromatic rings. The fraction of sp³-hybridized carbons (Fsp3) is 0.600. The van der Waals surface area contributed by atoms with E-state index in [0.717, 1.165) is 18.4 Å². The lowest BCUT2D eigenvalue weighted by molar-refractivity contribution is 0.547. The quantitative estimate of drug-likeness (QED) is 0.873. The van der Waals surface area contributed by atoms with Gasteiger partial charge in [-0.05, 0) is 41.9 Å². The van der Waals surface area contributed by atoms with Crippen LogP contribution < -0.4 is 10.5 Å². The second-order valence-electron chi connectivity index (χ2n) is 6.63. The Kier molecular flexibility index (Phi) is 4.23. The van der Waals surface area contributed by atoms with Gasteiger partial charge in [-0.25, -0.2) is 13.1 Å². The molecular weight excluding hydrogens is 272 g/mol. The number of nitrogens with two attached hydrogens (primary N) is 1. The highest BCUT2D eigenvalue weighted by atomic mass is 32.2. The maximum atomic E-state index is 12.2. The summed E-state index contributed by atoms with van der Waals surface area (Å²) in [5.74, 6) is 0.487. The predicted molar refractivity (Wildman–Crippen MR) is 81.0 cm³/mol. The van der Waals surface area contributed by atoms with Crippen molar-refractivity contribution in [1.82, 2.24) is 4.72 Å². The van der Waals surface area contributed by atoms with Crippen LogP contribution in [0.15, 0.2) is 29.2 Å². The first-order chi connectivity index (χ1) is 9.20. The molecule has 1 saturated carbocycles. The molecule has 0 aromatic heterocycles. The fourth-order valence-corrected chi connectivity index (χ4v) is 3.19. The zero-order valence-electron chi connectivity index (χ0n) is 12.4. The molecule has 112 valence electrons. The van der Waals surface area contributed by atoms with Crippen LogP contribution in [-0.4, -0.2) is 21.0 Å². The van der Waals surface area contributed by atoms with Gasteiger partial charge in [0, 0.05) is 12.6 Å². The van der Waals surface area contributed by atoms with E-state index in [1.54, 1.807) is 12.1 Å². The zero-order chi connectivity index (χ0) is 15.0. The second kappa shape index (κ2) is 5.47. The summed E-state index contributed by atoms with van der Waals surface area (Å²) in [6.07, 6.45) is 2.23. The van der Waals surface area contributed by atoms with Gasteiger partial charge in [-0.3, -0.25) is 0 Å². The summed E-state index contributed by atoms with van der Waals surface area (Å²) >= 11 is 0. The molecule has 1 unspecified atom stereocenters. The summed E-state index contributed by atoms with van der Waals surface area (Å²) < 4.78 is 26.9. The molecule has 5 heteroatoms. The molecule has 0 bridgehead atoms. The largest absolute Gasteiger partial charge is 0.326 e. The van der Waals surface area contributed by atoms with Crippen molar-refractivity contribution in [3.05, 3.63) is 29.8 Å². The monoisotopic (exact) mass is 296 g/mol. The van der Waals surface area contributed by atoms with E-state index in [1.165, 1.54) is 0 Å². The van der Waals surface area contributed by atoms with Crippen molar-refractivity contribution in [1.29, 1.82) is 0 Å². The molecule has 4 nitrogen and oxygen atoms in total. The van der Waals surface area contributed by atoms with Gasteiger partial charge in [0.05, 0.1) is 4.90 Å². The molecule has 1 aliphatic rings. The Morgan fingerprint density at radius 3 is 2.25 bits per heavy atom. The molecule has 0 saturated heterocycles. The van der Waals surface area contributed by atoms with Crippen molar-refractivity contribution in [2.24, 2.45) is 11.7 Å². The SMILES string of the molecule is CC(C)(C)c1ccc(S(=O)(=O)NCC(N)C2CC2)cc1. The summed E-state index contributed by atoms with van der Waals surface area (Å²) in [6, 6.07) is 6.99. The fourth-order valence-electron chi connectivity index (χ4n) is 2.11. The first kappa shape index (κ1) is 15.5. The van der Waals surface area contributed by atoms with Crippen LogP contribution in [0.25, 0.3) is 0 Å². The maximum absolute atomic E-state index is 12.2. The molecule has 0 aliphatic heterocycles. The van der Waals surface area contributed by atoms with Gasteiger partial charge in [0.2, 0.25) is 10.0 Å². The number of hydrogen-bond donors (Lipinski definition) is 2. The van der Waals surface area contributed by atoms with E-state index in [9.17, 15) is 8.42 Å². The Morgan fingerprint density at radius 2 is 1.80 bits per heavy atom. The van der Waals surface area contributed by atoms with Gasteiger partial charge < -0.3 is 5.73 Å². The highest BCUT2D eigenvalue weighted by Crippen LogP contribution is 2.31. The molecule has 0 amide bonds. The molecule has 0 heterocycles. The molecule has 1 aliphatic carbocycles. The van der Waals surface area contributed by atoms with Crippen LogP contribution in [0, 0.1) is 5.92 Å². The summed E-state index contributed by atoms with van der Waals surface area (Å²) in [6.45, 7) is 6.62. The number of sulfonamides is 1. The van der Waals surface area contributed by atoms with Gasteiger partial charge in [0.15, 0.2) is 0 Å². The number of hydrogen-bond acceptors (Lipinski definition) is 3. The minimum atomic E-state index is -3.45. The van der Waals surface area contributed by atoms with Crippen LogP contribution in [0.5, 0.6) is 0 Å². The Morgan fingerprint density at radius 1 is 1.25 bits per heavy atom. The minimum Gasteiger partial charge on any atom is -0.326 e. The van der Waals surface area contributed by atoms with Gasteiger partial charge in [-0.15, -0.1) is 0 Å². The van der Waals surface area contributed by atoms with Gasteiger partial charge in [-0.2, -0.15) is 0 Å². The Labute approximate surface area is 121 Å². The lowest BCUT2D eigenvalue weighted by Gasteiger charge is -2.19. The van der Waals surface area contributed by atoms with E-state index in [-0.39, 0.29) is 11.5 Å². The average Bonchev–Trinajstić information content (AvgIpc) is 3.19. The lowest BCUT2D eigenvalue weighted by Crippen LogP contribution is -2.38. The van der Waals surface area contributed by atoms with E-state index in [2.05, 4.69) is 25.5 Å². The third-order valence-corrected chi connectivity index (χ3v) is 5.21. The predicted octanol–water partition coefficient (Wildman–Crippen LogP) is 2.00. The number of rotatable bonds is 5. The third-order valence-electron chi connectivity index (χ3n) is 3.77.